The first kappa shape index (κ1) is 14.0. The van der Waals surface area contributed by atoms with Crippen LogP contribution in [0.2, 0.25) is 0 Å². The van der Waals surface area contributed by atoms with E-state index in [4.69, 9.17) is 0 Å². The first-order valence-electron chi connectivity index (χ1n) is 7.23. The minimum absolute atomic E-state index is 0.115. The van der Waals surface area contributed by atoms with Gasteiger partial charge in [-0.25, -0.2) is 9.50 Å². The molecule has 4 rings (SSSR count). The summed E-state index contributed by atoms with van der Waals surface area (Å²) >= 11 is 1.52. The van der Waals surface area contributed by atoms with Gasteiger partial charge >= 0.3 is 0 Å². The van der Waals surface area contributed by atoms with Gasteiger partial charge in [0.15, 0.2) is 0 Å². The minimum atomic E-state index is -0.115. The number of aromatic nitrogens is 4. The van der Waals surface area contributed by atoms with Gasteiger partial charge in [0.25, 0.3) is 0 Å². The Bertz CT molecular complexity index is 958. The summed E-state index contributed by atoms with van der Waals surface area (Å²) in [6.45, 7) is 1.94. The normalized spacial score (nSPS) is 11.2. The van der Waals surface area contributed by atoms with Gasteiger partial charge in [-0.2, -0.15) is 5.10 Å². The van der Waals surface area contributed by atoms with Crippen molar-refractivity contribution in [3.05, 3.63) is 60.0 Å². The fraction of sp³-hybridized carbons (Fsp3) is 0.118. The van der Waals surface area contributed by atoms with E-state index in [1.807, 2.05) is 12.1 Å². The Hall–Kier alpha value is -2.57. The first-order valence-corrected chi connectivity index (χ1v) is 8.04. The van der Waals surface area contributed by atoms with Crippen LogP contribution in [0.25, 0.3) is 26.8 Å². The van der Waals surface area contributed by atoms with E-state index in [0.717, 1.165) is 26.8 Å². The standard InChI is InChI=1S/C17H14N4OS/c1-11-2-4-13(5-3-11)16-20-21-14(10-22)15(19-17(21)23-16)12-6-8-18-9-7-12/h2-9,22H,10H2,1H3. The molecule has 0 saturated heterocycles. The molecule has 0 fully saturated rings. The van der Waals surface area contributed by atoms with Crippen LogP contribution < -0.4 is 0 Å². The van der Waals surface area contributed by atoms with Crippen molar-refractivity contribution in [1.82, 2.24) is 19.6 Å². The zero-order valence-electron chi connectivity index (χ0n) is 12.5. The van der Waals surface area contributed by atoms with Crippen LogP contribution in [0, 0.1) is 6.92 Å². The molecule has 23 heavy (non-hydrogen) atoms. The van der Waals surface area contributed by atoms with Crippen molar-refractivity contribution >= 4 is 16.3 Å². The lowest BCUT2D eigenvalue weighted by Crippen LogP contribution is -1.95. The number of aliphatic hydroxyl groups excluding tert-OH is 1. The summed E-state index contributed by atoms with van der Waals surface area (Å²) in [6.07, 6.45) is 3.43. The van der Waals surface area contributed by atoms with Gasteiger partial charge < -0.3 is 5.11 Å². The molecule has 0 aliphatic heterocycles. The van der Waals surface area contributed by atoms with Crippen LogP contribution in [0.5, 0.6) is 0 Å². The quantitative estimate of drug-likeness (QED) is 0.628. The number of aliphatic hydroxyl groups is 1. The number of fused-ring (bicyclic) bond motifs is 1. The third-order valence-corrected chi connectivity index (χ3v) is 4.66. The van der Waals surface area contributed by atoms with E-state index >= 15 is 0 Å². The number of pyridine rings is 1. The van der Waals surface area contributed by atoms with Crippen molar-refractivity contribution in [2.75, 3.05) is 0 Å². The highest BCUT2D eigenvalue weighted by Crippen LogP contribution is 2.30. The number of rotatable bonds is 3. The van der Waals surface area contributed by atoms with E-state index in [1.165, 1.54) is 16.9 Å². The Morgan fingerprint density at radius 3 is 2.48 bits per heavy atom. The van der Waals surface area contributed by atoms with Crippen molar-refractivity contribution in [2.45, 2.75) is 13.5 Å². The van der Waals surface area contributed by atoms with E-state index in [-0.39, 0.29) is 6.61 Å². The highest BCUT2D eigenvalue weighted by molar-refractivity contribution is 7.19. The van der Waals surface area contributed by atoms with Crippen LogP contribution in [0.1, 0.15) is 11.3 Å². The fourth-order valence-corrected chi connectivity index (χ4v) is 3.41. The predicted molar refractivity (Wildman–Crippen MR) is 90.2 cm³/mol. The van der Waals surface area contributed by atoms with Gasteiger partial charge in [-0.1, -0.05) is 41.2 Å². The Kier molecular flexibility index (Phi) is 3.40. The molecule has 0 aliphatic rings. The Morgan fingerprint density at radius 2 is 1.78 bits per heavy atom. The highest BCUT2D eigenvalue weighted by Gasteiger charge is 2.17. The molecule has 0 atom stereocenters. The molecule has 6 heteroatoms. The van der Waals surface area contributed by atoms with Gasteiger partial charge in [-0.15, -0.1) is 0 Å². The largest absolute Gasteiger partial charge is 0.390 e. The smallest absolute Gasteiger partial charge is 0.213 e. The van der Waals surface area contributed by atoms with Gasteiger partial charge in [-0.3, -0.25) is 4.98 Å². The van der Waals surface area contributed by atoms with Gasteiger partial charge in [0.2, 0.25) is 4.96 Å². The maximum absolute atomic E-state index is 9.77. The number of aryl methyl sites for hydroxylation is 1. The summed E-state index contributed by atoms with van der Waals surface area (Å²) in [6, 6.07) is 12.0. The van der Waals surface area contributed by atoms with Gasteiger partial charge in [0.1, 0.15) is 5.01 Å². The molecule has 0 bridgehead atoms. The van der Waals surface area contributed by atoms with Gasteiger partial charge in [0.05, 0.1) is 18.0 Å². The van der Waals surface area contributed by atoms with Gasteiger partial charge in [0, 0.05) is 23.5 Å². The third kappa shape index (κ3) is 2.42. The predicted octanol–water partition coefficient (Wildman–Crippen LogP) is 3.32. The molecule has 0 saturated carbocycles. The molecule has 114 valence electrons. The second kappa shape index (κ2) is 5.57. The van der Waals surface area contributed by atoms with Crippen LogP contribution in [-0.4, -0.2) is 24.7 Å². The van der Waals surface area contributed by atoms with E-state index in [1.54, 1.807) is 16.9 Å². The van der Waals surface area contributed by atoms with E-state index in [2.05, 4.69) is 46.3 Å². The molecular formula is C17H14N4OS. The zero-order chi connectivity index (χ0) is 15.8. The topological polar surface area (TPSA) is 63.3 Å². The summed E-state index contributed by atoms with van der Waals surface area (Å²) < 4.78 is 1.73. The lowest BCUT2D eigenvalue weighted by Gasteiger charge is -2.00. The second-order valence-electron chi connectivity index (χ2n) is 5.27. The number of nitrogens with zero attached hydrogens (tertiary/aromatic N) is 4. The summed E-state index contributed by atoms with van der Waals surface area (Å²) in [5.41, 5.74) is 4.65. The zero-order valence-corrected chi connectivity index (χ0v) is 13.3. The van der Waals surface area contributed by atoms with Crippen molar-refractivity contribution in [1.29, 1.82) is 0 Å². The van der Waals surface area contributed by atoms with Crippen LogP contribution >= 0.6 is 11.3 Å². The van der Waals surface area contributed by atoms with Crippen molar-refractivity contribution in [2.24, 2.45) is 0 Å². The Labute approximate surface area is 136 Å². The molecule has 0 amide bonds. The molecule has 0 aliphatic carbocycles. The van der Waals surface area contributed by atoms with Crippen LogP contribution in [0.15, 0.2) is 48.8 Å². The molecule has 4 aromatic rings. The monoisotopic (exact) mass is 322 g/mol. The lowest BCUT2D eigenvalue weighted by atomic mass is 10.1. The molecule has 0 unspecified atom stereocenters. The molecular weight excluding hydrogens is 308 g/mol. The maximum atomic E-state index is 9.77. The van der Waals surface area contributed by atoms with Crippen LogP contribution in [0.4, 0.5) is 0 Å². The number of benzene rings is 1. The summed E-state index contributed by atoms with van der Waals surface area (Å²) in [7, 11) is 0. The summed E-state index contributed by atoms with van der Waals surface area (Å²) in [4.78, 5) is 9.44. The summed E-state index contributed by atoms with van der Waals surface area (Å²) in [5, 5.41) is 15.3. The Balaban J connectivity index is 1.85. The number of imidazole rings is 1. The lowest BCUT2D eigenvalue weighted by molar-refractivity contribution is 0.275. The molecule has 3 heterocycles. The highest BCUT2D eigenvalue weighted by atomic mass is 32.1. The molecule has 3 aromatic heterocycles. The van der Waals surface area contributed by atoms with Gasteiger partial charge in [-0.05, 0) is 19.1 Å². The first-order chi connectivity index (χ1) is 11.3. The van der Waals surface area contributed by atoms with Crippen LogP contribution in [0.3, 0.4) is 0 Å². The molecule has 1 N–H and O–H groups in total. The van der Waals surface area contributed by atoms with Crippen LogP contribution in [-0.2, 0) is 6.61 Å². The summed E-state index contributed by atoms with van der Waals surface area (Å²) in [5.74, 6) is 0. The number of hydrogen-bond acceptors (Lipinski definition) is 5. The van der Waals surface area contributed by atoms with E-state index < -0.39 is 0 Å². The number of hydrogen-bond donors (Lipinski definition) is 1. The molecule has 0 spiro atoms. The second-order valence-corrected chi connectivity index (χ2v) is 6.22. The molecule has 0 radical (unpaired) electrons. The minimum Gasteiger partial charge on any atom is -0.390 e. The fourth-order valence-electron chi connectivity index (χ4n) is 2.49. The third-order valence-electron chi connectivity index (χ3n) is 3.70. The SMILES string of the molecule is Cc1ccc(-c2nn3c(CO)c(-c4ccncc4)nc3s2)cc1. The molecule has 5 nitrogen and oxygen atoms in total. The van der Waals surface area contributed by atoms with E-state index in [0.29, 0.717) is 5.69 Å². The van der Waals surface area contributed by atoms with Crippen molar-refractivity contribution < 1.29 is 5.11 Å². The molecule has 1 aromatic carbocycles. The van der Waals surface area contributed by atoms with Crippen molar-refractivity contribution in [3.8, 4) is 21.8 Å². The maximum Gasteiger partial charge on any atom is 0.213 e. The van der Waals surface area contributed by atoms with Crippen molar-refractivity contribution in [3.63, 3.8) is 0 Å². The average Bonchev–Trinajstić information content (AvgIpc) is 3.13. The van der Waals surface area contributed by atoms with E-state index in [9.17, 15) is 5.11 Å². The average molecular weight is 322 g/mol. The Morgan fingerprint density at radius 1 is 1.04 bits per heavy atom.